The molecular formula is C5H10N. The van der Waals surface area contributed by atoms with Crippen LogP contribution in [0.1, 0.15) is 6.92 Å². The van der Waals surface area contributed by atoms with Crippen molar-refractivity contribution in [3.8, 4) is 0 Å². The van der Waals surface area contributed by atoms with Crippen LogP contribution in [-0.2, 0) is 0 Å². The van der Waals surface area contributed by atoms with Crippen LogP contribution in [0.3, 0.4) is 0 Å². The van der Waals surface area contributed by atoms with E-state index >= 15 is 0 Å². The van der Waals surface area contributed by atoms with E-state index in [1.165, 1.54) is 6.54 Å². The molecule has 1 aliphatic rings. The summed E-state index contributed by atoms with van der Waals surface area (Å²) in [6.07, 6.45) is 0. The Morgan fingerprint density at radius 3 is 2.50 bits per heavy atom. The molecule has 0 saturated carbocycles. The van der Waals surface area contributed by atoms with Crippen LogP contribution in [0.5, 0.6) is 0 Å². The molecule has 1 aliphatic heterocycles. The second kappa shape index (κ2) is 1.23. The first-order valence-corrected chi connectivity index (χ1v) is 2.38. The Hall–Kier alpha value is -0.0400. The van der Waals surface area contributed by atoms with Crippen LogP contribution < -0.4 is 0 Å². The molecule has 2 atom stereocenters. The fraction of sp³-hybridized carbons (Fsp3) is 0.800. The lowest BCUT2D eigenvalue weighted by atomic mass is 10.6. The van der Waals surface area contributed by atoms with Crippen molar-refractivity contribution < 1.29 is 0 Å². The van der Waals surface area contributed by atoms with Crippen LogP contribution in [0.4, 0.5) is 0 Å². The van der Waals surface area contributed by atoms with Crippen molar-refractivity contribution in [2.24, 2.45) is 0 Å². The molecule has 2 unspecified atom stereocenters. The van der Waals surface area contributed by atoms with Crippen molar-refractivity contribution in [2.45, 2.75) is 13.0 Å². The Morgan fingerprint density at radius 2 is 2.50 bits per heavy atom. The summed E-state index contributed by atoms with van der Waals surface area (Å²) in [7, 11) is 0. The molecule has 1 radical (unpaired) electrons. The molecule has 0 aromatic heterocycles. The maximum absolute atomic E-state index is 3.72. The summed E-state index contributed by atoms with van der Waals surface area (Å²) >= 11 is 0. The van der Waals surface area contributed by atoms with Crippen LogP contribution in [0.2, 0.25) is 0 Å². The van der Waals surface area contributed by atoms with Crippen molar-refractivity contribution in [2.75, 3.05) is 13.1 Å². The topological polar surface area (TPSA) is 3.01 Å². The quantitative estimate of drug-likeness (QED) is 0.419. The Kier molecular flexibility index (Phi) is 0.845. The van der Waals surface area contributed by atoms with E-state index in [-0.39, 0.29) is 0 Å². The van der Waals surface area contributed by atoms with Crippen LogP contribution in [0, 0.1) is 6.92 Å². The molecule has 1 rings (SSSR count). The van der Waals surface area contributed by atoms with Gasteiger partial charge in [-0.05, 0) is 20.4 Å². The smallest absolute Gasteiger partial charge is 0.0195 e. The van der Waals surface area contributed by atoms with Gasteiger partial charge in [0.15, 0.2) is 0 Å². The Bertz CT molecular complexity index is 49.9. The van der Waals surface area contributed by atoms with E-state index in [0.717, 1.165) is 12.6 Å². The summed E-state index contributed by atoms with van der Waals surface area (Å²) in [4.78, 5) is 2.31. The largest absolute Gasteiger partial charge is 0.298 e. The number of hydrogen-bond acceptors (Lipinski definition) is 1. The summed E-state index contributed by atoms with van der Waals surface area (Å²) in [5.74, 6) is 0. The molecule has 1 fully saturated rings. The highest BCUT2D eigenvalue weighted by Gasteiger charge is 2.25. The lowest BCUT2D eigenvalue weighted by molar-refractivity contribution is 0.577. The minimum Gasteiger partial charge on any atom is -0.298 e. The predicted octanol–water partition coefficient (Wildman–Crippen LogP) is 0.525. The van der Waals surface area contributed by atoms with Gasteiger partial charge in [-0.25, -0.2) is 0 Å². The van der Waals surface area contributed by atoms with E-state index in [2.05, 4.69) is 18.7 Å². The summed E-state index contributed by atoms with van der Waals surface area (Å²) in [5, 5.41) is 0. The molecule has 1 heteroatoms. The van der Waals surface area contributed by atoms with Gasteiger partial charge in [-0.2, -0.15) is 0 Å². The molecule has 0 aliphatic carbocycles. The molecule has 0 N–H and O–H groups in total. The zero-order chi connectivity index (χ0) is 4.57. The molecule has 0 amide bonds. The first kappa shape index (κ1) is 4.13. The standard InChI is InChI=1S/C5H10N/c1-3-6-4-5(6)2/h5H,1,3-4H2,2H3. The lowest BCUT2D eigenvalue weighted by Crippen LogP contribution is -1.95. The van der Waals surface area contributed by atoms with E-state index in [9.17, 15) is 0 Å². The molecule has 1 saturated heterocycles. The van der Waals surface area contributed by atoms with Gasteiger partial charge in [0.05, 0.1) is 0 Å². The average Bonchev–Trinajstić information content (AvgIpc) is 2.19. The Labute approximate surface area is 39.0 Å². The highest BCUT2D eigenvalue weighted by molar-refractivity contribution is 4.84. The molecule has 6 heavy (non-hydrogen) atoms. The highest BCUT2D eigenvalue weighted by Crippen LogP contribution is 2.12. The van der Waals surface area contributed by atoms with E-state index in [4.69, 9.17) is 0 Å². The van der Waals surface area contributed by atoms with Crippen LogP contribution in [0.25, 0.3) is 0 Å². The Balaban J connectivity index is 2.09. The third-order valence-electron chi connectivity index (χ3n) is 1.28. The van der Waals surface area contributed by atoms with Crippen molar-refractivity contribution in [3.05, 3.63) is 6.92 Å². The maximum Gasteiger partial charge on any atom is 0.0195 e. The molecule has 0 spiro atoms. The van der Waals surface area contributed by atoms with Gasteiger partial charge < -0.3 is 0 Å². The van der Waals surface area contributed by atoms with E-state index in [1.54, 1.807) is 0 Å². The molecular weight excluding hydrogens is 74.1 g/mol. The second-order valence-corrected chi connectivity index (χ2v) is 1.84. The fourth-order valence-corrected chi connectivity index (χ4v) is 0.604. The summed E-state index contributed by atoms with van der Waals surface area (Å²) < 4.78 is 0. The zero-order valence-electron chi connectivity index (χ0n) is 4.15. The van der Waals surface area contributed by atoms with Gasteiger partial charge in [-0.15, -0.1) is 0 Å². The van der Waals surface area contributed by atoms with Gasteiger partial charge in [0.1, 0.15) is 0 Å². The fourth-order valence-electron chi connectivity index (χ4n) is 0.604. The number of hydrogen-bond donors (Lipinski definition) is 0. The summed E-state index contributed by atoms with van der Waals surface area (Å²) in [5.41, 5.74) is 0. The van der Waals surface area contributed by atoms with E-state index in [0.29, 0.717) is 0 Å². The number of nitrogens with zero attached hydrogens (tertiary/aromatic N) is 1. The third kappa shape index (κ3) is 0.548. The van der Waals surface area contributed by atoms with E-state index in [1.807, 2.05) is 0 Å². The molecule has 0 bridgehead atoms. The van der Waals surface area contributed by atoms with Gasteiger partial charge in [0, 0.05) is 12.6 Å². The first-order chi connectivity index (χ1) is 2.84. The maximum atomic E-state index is 3.72. The lowest BCUT2D eigenvalue weighted by Gasteiger charge is -1.86. The van der Waals surface area contributed by atoms with Crippen molar-refractivity contribution in [3.63, 3.8) is 0 Å². The molecule has 0 aromatic rings. The Morgan fingerprint density at radius 1 is 2.00 bits per heavy atom. The zero-order valence-corrected chi connectivity index (χ0v) is 4.15. The van der Waals surface area contributed by atoms with Gasteiger partial charge in [0.2, 0.25) is 0 Å². The molecule has 1 nitrogen and oxygen atoms in total. The highest BCUT2D eigenvalue weighted by atomic mass is 15.3. The van der Waals surface area contributed by atoms with Crippen LogP contribution in [0.15, 0.2) is 0 Å². The SMILES string of the molecule is [CH2]CN1CC1C. The number of rotatable bonds is 1. The monoisotopic (exact) mass is 84.1 g/mol. The molecule has 35 valence electrons. The van der Waals surface area contributed by atoms with Gasteiger partial charge in [0.25, 0.3) is 0 Å². The second-order valence-electron chi connectivity index (χ2n) is 1.84. The molecule has 1 heterocycles. The van der Waals surface area contributed by atoms with Gasteiger partial charge in [-0.1, -0.05) is 0 Å². The normalized spacial score (nSPS) is 43.0. The third-order valence-corrected chi connectivity index (χ3v) is 1.28. The van der Waals surface area contributed by atoms with Crippen LogP contribution >= 0.6 is 0 Å². The average molecular weight is 84.1 g/mol. The van der Waals surface area contributed by atoms with Crippen LogP contribution in [-0.4, -0.2) is 24.0 Å². The van der Waals surface area contributed by atoms with Gasteiger partial charge in [-0.3, -0.25) is 4.90 Å². The van der Waals surface area contributed by atoms with Gasteiger partial charge >= 0.3 is 0 Å². The molecule has 0 aromatic carbocycles. The van der Waals surface area contributed by atoms with E-state index < -0.39 is 0 Å². The predicted molar refractivity (Wildman–Crippen MR) is 26.4 cm³/mol. The summed E-state index contributed by atoms with van der Waals surface area (Å²) in [6.45, 7) is 8.19. The summed E-state index contributed by atoms with van der Waals surface area (Å²) in [6, 6.07) is 0.836. The first-order valence-electron chi connectivity index (χ1n) is 2.38. The minimum atomic E-state index is 0.836. The van der Waals surface area contributed by atoms with Crippen molar-refractivity contribution >= 4 is 0 Å². The van der Waals surface area contributed by atoms with Crippen molar-refractivity contribution in [1.82, 2.24) is 4.90 Å². The van der Waals surface area contributed by atoms with Crippen molar-refractivity contribution in [1.29, 1.82) is 0 Å². The minimum absolute atomic E-state index is 0.836.